The fraction of sp³-hybridized carbons (Fsp3) is 0.381. The average Bonchev–Trinajstić information content (AvgIpc) is 2.64. The van der Waals surface area contributed by atoms with Crippen LogP contribution in [0.15, 0.2) is 42.5 Å². The van der Waals surface area contributed by atoms with Gasteiger partial charge in [0.25, 0.3) is 0 Å². The number of anilines is 1. The van der Waals surface area contributed by atoms with Gasteiger partial charge in [-0.3, -0.25) is 4.79 Å². The van der Waals surface area contributed by atoms with Gasteiger partial charge in [-0.15, -0.1) is 0 Å². The number of carbonyl (C=O) groups excluding carboxylic acids is 1. The van der Waals surface area contributed by atoms with Gasteiger partial charge < -0.3 is 15.2 Å². The summed E-state index contributed by atoms with van der Waals surface area (Å²) in [6, 6.07) is 14.1. The first-order chi connectivity index (χ1) is 12.3. The molecular formula is C21H25NO3. The minimum atomic E-state index is 0.0814. The molecule has 4 nitrogen and oxygen atoms in total. The van der Waals surface area contributed by atoms with Crippen LogP contribution >= 0.6 is 0 Å². The molecule has 2 aromatic carbocycles. The molecule has 0 radical (unpaired) electrons. The van der Waals surface area contributed by atoms with Crippen LogP contribution in [0.1, 0.15) is 48.0 Å². The van der Waals surface area contributed by atoms with E-state index in [0.717, 1.165) is 19.3 Å². The summed E-state index contributed by atoms with van der Waals surface area (Å²) in [6.45, 7) is 1.02. The van der Waals surface area contributed by atoms with Crippen LogP contribution in [0.5, 0.6) is 11.5 Å². The molecule has 3 rings (SSSR count). The van der Waals surface area contributed by atoms with Crippen molar-refractivity contribution in [2.45, 2.75) is 38.5 Å². The van der Waals surface area contributed by atoms with Gasteiger partial charge in [0.1, 0.15) is 11.4 Å². The lowest BCUT2D eigenvalue weighted by Gasteiger charge is -2.20. The lowest BCUT2D eigenvalue weighted by molar-refractivity contribution is 0.0934. The zero-order chi connectivity index (χ0) is 17.5. The third kappa shape index (κ3) is 4.53. The first-order valence-corrected chi connectivity index (χ1v) is 9.01. The lowest BCUT2D eigenvalue weighted by Crippen LogP contribution is -2.17. The van der Waals surface area contributed by atoms with Crippen molar-refractivity contribution < 1.29 is 14.3 Å². The first kappa shape index (κ1) is 17.3. The standard InChI is InChI=1S/C21H25NO3/c22-20-19(12-11-17-18(23)13-15-25-21(17)20)24-14-7-2-1-4-8-16-9-5-3-6-10-16/h3,5-6,9-12H,1-2,4,7-8,13-15,22H2. The third-order valence-corrected chi connectivity index (χ3v) is 4.49. The maximum Gasteiger partial charge on any atom is 0.170 e. The van der Waals surface area contributed by atoms with Gasteiger partial charge in [0.05, 0.1) is 18.8 Å². The fourth-order valence-corrected chi connectivity index (χ4v) is 3.07. The zero-order valence-corrected chi connectivity index (χ0v) is 14.5. The molecule has 2 N–H and O–H groups in total. The van der Waals surface area contributed by atoms with E-state index in [1.807, 2.05) is 6.07 Å². The molecule has 0 atom stereocenters. The molecule has 132 valence electrons. The second-order valence-electron chi connectivity index (χ2n) is 6.37. The molecule has 0 bridgehead atoms. The number of carbonyl (C=O) groups is 1. The molecule has 0 amide bonds. The summed E-state index contributed by atoms with van der Waals surface area (Å²) in [5, 5.41) is 0. The Hall–Kier alpha value is -2.49. The van der Waals surface area contributed by atoms with Gasteiger partial charge in [-0.2, -0.15) is 0 Å². The van der Waals surface area contributed by atoms with Crippen LogP contribution in [0.25, 0.3) is 0 Å². The Kier molecular flexibility index (Phi) is 5.94. The highest BCUT2D eigenvalue weighted by Crippen LogP contribution is 2.37. The SMILES string of the molecule is Nc1c(OCCCCCCc2ccccc2)ccc2c1OCCC2=O. The fourth-order valence-electron chi connectivity index (χ4n) is 3.07. The number of rotatable bonds is 8. The summed E-state index contributed by atoms with van der Waals surface area (Å²) in [6.07, 6.45) is 6.05. The van der Waals surface area contributed by atoms with Gasteiger partial charge in [-0.1, -0.05) is 43.2 Å². The predicted molar refractivity (Wildman–Crippen MR) is 99.4 cm³/mol. The molecule has 1 heterocycles. The molecule has 0 aromatic heterocycles. The van der Waals surface area contributed by atoms with Crippen LogP contribution in [0.3, 0.4) is 0 Å². The topological polar surface area (TPSA) is 61.6 Å². The molecule has 0 spiro atoms. The van der Waals surface area contributed by atoms with E-state index in [4.69, 9.17) is 15.2 Å². The van der Waals surface area contributed by atoms with E-state index in [1.165, 1.54) is 18.4 Å². The molecule has 0 fully saturated rings. The number of hydrogen-bond donors (Lipinski definition) is 1. The number of unbranched alkanes of at least 4 members (excludes halogenated alkanes) is 3. The van der Waals surface area contributed by atoms with Gasteiger partial charge in [0.15, 0.2) is 11.5 Å². The average molecular weight is 339 g/mol. The summed E-state index contributed by atoms with van der Waals surface area (Å²) in [5.41, 5.74) is 8.50. The van der Waals surface area contributed by atoms with E-state index in [0.29, 0.717) is 42.4 Å². The normalized spacial score (nSPS) is 13.2. The molecule has 1 aliphatic rings. The van der Waals surface area contributed by atoms with E-state index in [9.17, 15) is 4.79 Å². The van der Waals surface area contributed by atoms with Crippen molar-refractivity contribution in [3.05, 3.63) is 53.6 Å². The number of hydrogen-bond acceptors (Lipinski definition) is 4. The Bertz CT molecular complexity index is 713. The number of nitrogens with two attached hydrogens (primary N) is 1. The number of aryl methyl sites for hydroxylation is 1. The Morgan fingerprint density at radius 3 is 2.64 bits per heavy atom. The third-order valence-electron chi connectivity index (χ3n) is 4.49. The van der Waals surface area contributed by atoms with Crippen LogP contribution in [0.2, 0.25) is 0 Å². The Morgan fingerprint density at radius 1 is 1.00 bits per heavy atom. The Morgan fingerprint density at radius 2 is 1.80 bits per heavy atom. The first-order valence-electron chi connectivity index (χ1n) is 9.01. The van der Waals surface area contributed by atoms with Gasteiger partial charge >= 0.3 is 0 Å². The van der Waals surface area contributed by atoms with Gasteiger partial charge in [-0.05, 0) is 37.0 Å². The summed E-state index contributed by atoms with van der Waals surface area (Å²) < 4.78 is 11.3. The van der Waals surface area contributed by atoms with Gasteiger partial charge in [0.2, 0.25) is 0 Å². The van der Waals surface area contributed by atoms with Crippen molar-refractivity contribution in [1.82, 2.24) is 0 Å². The minimum Gasteiger partial charge on any atom is -0.491 e. The van der Waals surface area contributed by atoms with Crippen LogP contribution in [-0.2, 0) is 6.42 Å². The van der Waals surface area contributed by atoms with Gasteiger partial charge in [0, 0.05) is 6.42 Å². The molecule has 0 aliphatic carbocycles. The number of fused-ring (bicyclic) bond motifs is 1. The molecule has 25 heavy (non-hydrogen) atoms. The highest BCUT2D eigenvalue weighted by atomic mass is 16.5. The van der Waals surface area contributed by atoms with Crippen LogP contribution in [-0.4, -0.2) is 19.0 Å². The van der Waals surface area contributed by atoms with Crippen LogP contribution in [0.4, 0.5) is 5.69 Å². The van der Waals surface area contributed by atoms with E-state index in [2.05, 4.69) is 24.3 Å². The monoisotopic (exact) mass is 339 g/mol. The number of ketones is 1. The van der Waals surface area contributed by atoms with Crippen molar-refractivity contribution in [3.63, 3.8) is 0 Å². The number of Topliss-reactive ketones (excluding diaryl/α,β-unsaturated/α-hetero) is 1. The van der Waals surface area contributed by atoms with Crippen molar-refractivity contribution in [2.75, 3.05) is 18.9 Å². The predicted octanol–water partition coefficient (Wildman–Crippen LogP) is 4.42. The summed E-state index contributed by atoms with van der Waals surface area (Å²) >= 11 is 0. The zero-order valence-electron chi connectivity index (χ0n) is 14.5. The van der Waals surface area contributed by atoms with E-state index in [-0.39, 0.29) is 5.78 Å². The molecule has 0 saturated heterocycles. The van der Waals surface area contributed by atoms with Crippen LogP contribution < -0.4 is 15.2 Å². The largest absolute Gasteiger partial charge is 0.491 e. The van der Waals surface area contributed by atoms with E-state index < -0.39 is 0 Å². The number of benzene rings is 2. The maximum atomic E-state index is 11.8. The van der Waals surface area contributed by atoms with Crippen molar-refractivity contribution in [1.29, 1.82) is 0 Å². The molecule has 4 heteroatoms. The van der Waals surface area contributed by atoms with Crippen molar-refractivity contribution in [3.8, 4) is 11.5 Å². The minimum absolute atomic E-state index is 0.0814. The summed E-state index contributed by atoms with van der Waals surface area (Å²) in [4.78, 5) is 11.8. The quantitative estimate of drug-likeness (QED) is 0.571. The van der Waals surface area contributed by atoms with Crippen molar-refractivity contribution >= 4 is 11.5 Å². The summed E-state index contributed by atoms with van der Waals surface area (Å²) in [7, 11) is 0. The molecule has 0 saturated carbocycles. The smallest absolute Gasteiger partial charge is 0.170 e. The maximum absolute atomic E-state index is 11.8. The molecule has 0 unspecified atom stereocenters. The van der Waals surface area contributed by atoms with Crippen LogP contribution in [0, 0.1) is 0 Å². The molecule has 2 aromatic rings. The summed E-state index contributed by atoms with van der Waals surface area (Å²) in [5.74, 6) is 1.17. The lowest BCUT2D eigenvalue weighted by atomic mass is 10.0. The van der Waals surface area contributed by atoms with E-state index in [1.54, 1.807) is 12.1 Å². The van der Waals surface area contributed by atoms with E-state index >= 15 is 0 Å². The highest BCUT2D eigenvalue weighted by molar-refractivity contribution is 6.01. The second kappa shape index (κ2) is 8.56. The molecular weight excluding hydrogens is 314 g/mol. The second-order valence-corrected chi connectivity index (χ2v) is 6.37. The highest BCUT2D eigenvalue weighted by Gasteiger charge is 2.22. The Balaban J connectivity index is 1.39. The molecule has 1 aliphatic heterocycles. The van der Waals surface area contributed by atoms with Gasteiger partial charge in [-0.25, -0.2) is 0 Å². The Labute approximate surface area is 148 Å². The number of ether oxygens (including phenoxy) is 2. The van der Waals surface area contributed by atoms with Crippen molar-refractivity contribution in [2.24, 2.45) is 0 Å². The number of nitrogen functional groups attached to an aromatic ring is 1.